The van der Waals surface area contributed by atoms with Gasteiger partial charge in [-0.3, -0.25) is 9.78 Å². The minimum Gasteiger partial charge on any atom is -0.495 e. The molecule has 1 aliphatic rings. The van der Waals surface area contributed by atoms with Crippen LogP contribution in [0, 0.1) is 0 Å². The topological polar surface area (TPSA) is 107 Å². The molecule has 0 unspecified atom stereocenters. The third kappa shape index (κ3) is 4.92. The van der Waals surface area contributed by atoms with E-state index in [9.17, 15) is 13.2 Å². The monoisotopic (exact) mass is 520 g/mol. The Hall–Kier alpha value is -3.82. The van der Waals surface area contributed by atoms with Crippen LogP contribution < -0.4 is 9.46 Å². The van der Waals surface area contributed by atoms with E-state index in [0.717, 1.165) is 16.6 Å². The molecule has 3 heterocycles. The standard InChI is InChI=1S/C28H27N3O5S/c1-28(13-16-36-17-14-28)19-9-12-25(35-2)26(18-19)37(33,34)31-27(32)24-11-10-21-20(6-5-8-23(21)30-24)22-7-3-4-15-29-22/h3-12,15,18H,13-14,16-17H2,1-2H3,(H,31,32)/i2D3. The van der Waals surface area contributed by atoms with Crippen molar-refractivity contribution in [2.24, 2.45) is 0 Å². The first-order chi connectivity index (χ1) is 19.0. The van der Waals surface area contributed by atoms with E-state index in [0.29, 0.717) is 37.1 Å². The van der Waals surface area contributed by atoms with Crippen LogP contribution in [0.2, 0.25) is 0 Å². The quantitative estimate of drug-likeness (QED) is 0.399. The highest BCUT2D eigenvalue weighted by Gasteiger charge is 2.32. The van der Waals surface area contributed by atoms with E-state index in [-0.39, 0.29) is 11.4 Å². The first kappa shape index (κ1) is 21.3. The molecule has 0 aliphatic carbocycles. The molecule has 1 fully saturated rings. The van der Waals surface area contributed by atoms with Crippen molar-refractivity contribution in [1.29, 1.82) is 0 Å². The van der Waals surface area contributed by atoms with Gasteiger partial charge >= 0.3 is 0 Å². The molecule has 0 saturated carbocycles. The Kier molecular flexibility index (Phi) is 5.70. The number of hydrogen-bond acceptors (Lipinski definition) is 7. The lowest BCUT2D eigenvalue weighted by atomic mass is 9.76. The molecule has 0 spiro atoms. The largest absolute Gasteiger partial charge is 0.495 e. The summed E-state index contributed by atoms with van der Waals surface area (Å²) in [6, 6.07) is 18.4. The zero-order valence-corrected chi connectivity index (χ0v) is 20.9. The summed E-state index contributed by atoms with van der Waals surface area (Å²) in [6.45, 7) is 3.01. The summed E-state index contributed by atoms with van der Waals surface area (Å²) in [4.78, 5) is 21.5. The molecule has 1 aliphatic heterocycles. The second-order valence-electron chi connectivity index (χ2n) is 9.15. The van der Waals surface area contributed by atoms with E-state index < -0.39 is 33.3 Å². The molecule has 0 bridgehead atoms. The molecular weight excluding hydrogens is 490 g/mol. The zero-order valence-electron chi connectivity index (χ0n) is 23.1. The third-order valence-electron chi connectivity index (χ3n) is 6.77. The van der Waals surface area contributed by atoms with Crippen LogP contribution in [0.15, 0.2) is 77.8 Å². The highest BCUT2D eigenvalue weighted by atomic mass is 32.2. The number of pyridine rings is 2. The maximum absolute atomic E-state index is 13.5. The molecule has 1 saturated heterocycles. The average Bonchev–Trinajstić information content (AvgIpc) is 2.92. The van der Waals surface area contributed by atoms with Crippen LogP contribution in [-0.2, 0) is 20.2 Å². The van der Waals surface area contributed by atoms with Crippen LogP contribution in [0.25, 0.3) is 22.2 Å². The minimum absolute atomic E-state index is 0.125. The van der Waals surface area contributed by atoms with Gasteiger partial charge < -0.3 is 9.47 Å². The van der Waals surface area contributed by atoms with Gasteiger partial charge in [-0.25, -0.2) is 18.1 Å². The Bertz CT molecular complexity index is 1670. The van der Waals surface area contributed by atoms with Crippen LogP contribution in [0.4, 0.5) is 0 Å². The van der Waals surface area contributed by atoms with E-state index in [1.54, 1.807) is 30.5 Å². The number of ether oxygens (including phenoxy) is 2. The molecule has 37 heavy (non-hydrogen) atoms. The van der Waals surface area contributed by atoms with Crippen LogP contribution in [0.3, 0.4) is 0 Å². The van der Waals surface area contributed by atoms with Crippen molar-refractivity contribution < 1.29 is 26.8 Å². The van der Waals surface area contributed by atoms with Crippen molar-refractivity contribution in [3.8, 4) is 17.0 Å². The number of amides is 1. The number of carbonyl (C=O) groups excluding carboxylic acids is 1. The number of carbonyl (C=O) groups is 1. The number of sulfonamides is 1. The number of aromatic nitrogens is 2. The summed E-state index contributed by atoms with van der Waals surface area (Å²) >= 11 is 0. The van der Waals surface area contributed by atoms with Gasteiger partial charge in [0.05, 0.1) is 22.4 Å². The maximum atomic E-state index is 13.5. The van der Waals surface area contributed by atoms with Gasteiger partial charge in [0, 0.05) is 30.4 Å². The fourth-order valence-electron chi connectivity index (χ4n) is 4.54. The summed E-state index contributed by atoms with van der Waals surface area (Å²) in [5.74, 6) is -1.35. The second-order valence-corrected chi connectivity index (χ2v) is 10.8. The van der Waals surface area contributed by atoms with E-state index >= 15 is 0 Å². The lowest BCUT2D eigenvalue weighted by Crippen LogP contribution is -2.33. The van der Waals surface area contributed by atoms with E-state index in [1.807, 2.05) is 35.9 Å². The van der Waals surface area contributed by atoms with Gasteiger partial charge in [-0.15, -0.1) is 0 Å². The molecule has 1 N–H and O–H groups in total. The van der Waals surface area contributed by atoms with Crippen LogP contribution in [0.5, 0.6) is 5.75 Å². The Balaban J connectivity index is 1.49. The normalized spacial score (nSPS) is 16.8. The Morgan fingerprint density at radius 1 is 1.08 bits per heavy atom. The first-order valence-corrected chi connectivity index (χ1v) is 13.2. The predicted molar refractivity (Wildman–Crippen MR) is 140 cm³/mol. The number of benzene rings is 2. The Morgan fingerprint density at radius 3 is 2.68 bits per heavy atom. The maximum Gasteiger partial charge on any atom is 0.283 e. The molecule has 0 atom stereocenters. The first-order valence-electron chi connectivity index (χ1n) is 13.2. The smallest absolute Gasteiger partial charge is 0.283 e. The zero-order chi connectivity index (χ0) is 28.5. The number of methoxy groups -OCH3 is 1. The van der Waals surface area contributed by atoms with E-state index in [4.69, 9.17) is 13.6 Å². The summed E-state index contributed by atoms with van der Waals surface area (Å²) in [6.07, 6.45) is 2.98. The predicted octanol–water partition coefficient (Wildman–Crippen LogP) is 4.49. The molecule has 0 radical (unpaired) electrons. The summed E-state index contributed by atoms with van der Waals surface area (Å²) in [5, 5.41) is 0.742. The summed E-state index contributed by atoms with van der Waals surface area (Å²) in [5.41, 5.74) is 2.18. The molecule has 5 rings (SSSR count). The number of fused-ring (bicyclic) bond motifs is 1. The molecule has 9 heteroatoms. The van der Waals surface area contributed by atoms with Gasteiger partial charge in [0.2, 0.25) is 0 Å². The minimum atomic E-state index is -4.56. The molecular formula is C28H27N3O5S. The lowest BCUT2D eigenvalue weighted by molar-refractivity contribution is 0.0563. The fraction of sp³-hybridized carbons (Fsp3) is 0.250. The van der Waals surface area contributed by atoms with Crippen molar-refractivity contribution in [3.63, 3.8) is 0 Å². The van der Waals surface area contributed by atoms with Crippen molar-refractivity contribution in [2.75, 3.05) is 20.3 Å². The van der Waals surface area contributed by atoms with E-state index in [2.05, 4.69) is 9.97 Å². The highest BCUT2D eigenvalue weighted by Crippen LogP contribution is 2.37. The van der Waals surface area contributed by atoms with Crippen LogP contribution >= 0.6 is 0 Å². The highest BCUT2D eigenvalue weighted by molar-refractivity contribution is 7.90. The van der Waals surface area contributed by atoms with Crippen LogP contribution in [0.1, 0.15) is 39.9 Å². The lowest BCUT2D eigenvalue weighted by Gasteiger charge is -2.34. The molecule has 190 valence electrons. The summed E-state index contributed by atoms with van der Waals surface area (Å²) < 4.78 is 62.0. The van der Waals surface area contributed by atoms with Gasteiger partial charge in [0.25, 0.3) is 15.9 Å². The SMILES string of the molecule is [2H]C([2H])([2H])Oc1ccc(C2(C)CCOCC2)cc1S(=O)(=O)NC(=O)c1ccc2c(-c3ccccn3)cccc2n1. The van der Waals surface area contributed by atoms with Crippen molar-refractivity contribution in [1.82, 2.24) is 14.7 Å². The summed E-state index contributed by atoms with van der Waals surface area (Å²) in [7, 11) is -7.46. The van der Waals surface area contributed by atoms with Crippen LogP contribution in [-0.4, -0.2) is 44.5 Å². The van der Waals surface area contributed by atoms with Gasteiger partial charge in [0.1, 0.15) is 16.3 Å². The second kappa shape index (κ2) is 9.91. The molecule has 4 aromatic rings. The number of rotatable bonds is 6. The van der Waals surface area contributed by atoms with Crippen molar-refractivity contribution in [3.05, 3.63) is 84.2 Å². The van der Waals surface area contributed by atoms with Gasteiger partial charge in [-0.1, -0.05) is 31.2 Å². The van der Waals surface area contributed by atoms with Gasteiger partial charge in [-0.2, -0.15) is 0 Å². The number of nitrogens with zero attached hydrogens (tertiary/aromatic N) is 2. The third-order valence-corrected chi connectivity index (χ3v) is 8.12. The Labute approximate surface area is 219 Å². The average molecular weight is 521 g/mol. The van der Waals surface area contributed by atoms with E-state index in [1.165, 1.54) is 18.2 Å². The van der Waals surface area contributed by atoms with Gasteiger partial charge in [-0.05, 0) is 66.3 Å². The number of nitrogens with one attached hydrogen (secondary N) is 1. The van der Waals surface area contributed by atoms with Crippen molar-refractivity contribution >= 4 is 26.8 Å². The molecule has 8 nitrogen and oxygen atoms in total. The molecule has 2 aromatic heterocycles. The molecule has 1 amide bonds. The Morgan fingerprint density at radius 2 is 1.92 bits per heavy atom. The fourth-order valence-corrected chi connectivity index (χ4v) is 5.66. The van der Waals surface area contributed by atoms with Crippen molar-refractivity contribution in [2.45, 2.75) is 30.1 Å². The van der Waals surface area contributed by atoms with Gasteiger partial charge in [0.15, 0.2) is 0 Å². The molecule has 2 aromatic carbocycles. The number of hydrogen-bond donors (Lipinski definition) is 1.